The van der Waals surface area contributed by atoms with Crippen molar-refractivity contribution in [2.24, 2.45) is 17.6 Å². The number of aliphatic hydroxyl groups is 1. The zero-order valence-corrected chi connectivity index (χ0v) is 10.1. The Balaban J connectivity index is 2.01. The number of hydrogen-bond donors (Lipinski definition) is 3. The number of carbonyl (C=O) groups excluding carboxylic acids is 1. The summed E-state index contributed by atoms with van der Waals surface area (Å²) < 4.78 is 0. The Hall–Kier alpha value is -0.610. The van der Waals surface area contributed by atoms with Gasteiger partial charge in [0.2, 0.25) is 5.91 Å². The summed E-state index contributed by atoms with van der Waals surface area (Å²) in [4.78, 5) is 11.4. The predicted molar refractivity (Wildman–Crippen MR) is 63.8 cm³/mol. The maximum Gasteiger partial charge on any atom is 0.220 e. The SMILES string of the molecule is CC(CCN)CCC(=O)NCC(O)C1CC1. The van der Waals surface area contributed by atoms with Crippen LogP contribution in [-0.2, 0) is 4.79 Å². The summed E-state index contributed by atoms with van der Waals surface area (Å²) in [5, 5.41) is 12.3. The van der Waals surface area contributed by atoms with Gasteiger partial charge in [-0.15, -0.1) is 0 Å². The highest BCUT2D eigenvalue weighted by molar-refractivity contribution is 5.75. The van der Waals surface area contributed by atoms with Crippen LogP contribution in [0.1, 0.15) is 39.0 Å². The fourth-order valence-electron chi connectivity index (χ4n) is 1.76. The molecule has 0 aliphatic heterocycles. The van der Waals surface area contributed by atoms with Crippen molar-refractivity contribution in [2.75, 3.05) is 13.1 Å². The molecule has 0 spiro atoms. The van der Waals surface area contributed by atoms with Crippen LogP contribution in [0.2, 0.25) is 0 Å². The summed E-state index contributed by atoms with van der Waals surface area (Å²) in [5.74, 6) is 0.976. The lowest BCUT2D eigenvalue weighted by Gasteiger charge is -2.12. The monoisotopic (exact) mass is 228 g/mol. The van der Waals surface area contributed by atoms with Crippen LogP contribution < -0.4 is 11.1 Å². The summed E-state index contributed by atoms with van der Waals surface area (Å²) >= 11 is 0. The van der Waals surface area contributed by atoms with Gasteiger partial charge in [0.25, 0.3) is 0 Å². The predicted octanol–water partition coefficient (Wildman–Crippen LogP) is 0.639. The maximum atomic E-state index is 11.4. The van der Waals surface area contributed by atoms with Gasteiger partial charge in [0.15, 0.2) is 0 Å². The normalized spacial score (nSPS) is 19.2. The first kappa shape index (κ1) is 13.5. The number of nitrogens with one attached hydrogen (secondary N) is 1. The Labute approximate surface area is 97.6 Å². The van der Waals surface area contributed by atoms with E-state index in [0.29, 0.717) is 31.3 Å². The molecule has 0 aromatic rings. The minimum absolute atomic E-state index is 0.0450. The molecule has 16 heavy (non-hydrogen) atoms. The van der Waals surface area contributed by atoms with Crippen molar-refractivity contribution >= 4 is 5.91 Å². The van der Waals surface area contributed by atoms with Crippen LogP contribution in [0.5, 0.6) is 0 Å². The average Bonchev–Trinajstić information content (AvgIpc) is 3.07. The number of aliphatic hydroxyl groups excluding tert-OH is 1. The molecule has 0 radical (unpaired) electrons. The first-order chi connectivity index (χ1) is 7.63. The standard InChI is InChI=1S/C12H24N2O2/c1-9(6-7-13)2-5-12(16)14-8-11(15)10-3-4-10/h9-11,15H,2-8,13H2,1H3,(H,14,16). The van der Waals surface area contributed by atoms with E-state index in [-0.39, 0.29) is 12.0 Å². The molecule has 94 valence electrons. The largest absolute Gasteiger partial charge is 0.391 e. The summed E-state index contributed by atoms with van der Waals surface area (Å²) in [6, 6.07) is 0. The van der Waals surface area contributed by atoms with Crippen LogP contribution in [0.15, 0.2) is 0 Å². The average molecular weight is 228 g/mol. The molecule has 1 aliphatic carbocycles. The fourth-order valence-corrected chi connectivity index (χ4v) is 1.76. The highest BCUT2D eigenvalue weighted by Gasteiger charge is 2.29. The summed E-state index contributed by atoms with van der Waals surface area (Å²) in [5.41, 5.74) is 5.44. The number of carbonyl (C=O) groups is 1. The molecule has 0 saturated heterocycles. The van der Waals surface area contributed by atoms with Crippen molar-refractivity contribution in [3.63, 3.8) is 0 Å². The van der Waals surface area contributed by atoms with E-state index in [1.165, 1.54) is 0 Å². The summed E-state index contributed by atoms with van der Waals surface area (Å²) in [7, 11) is 0. The Bertz CT molecular complexity index is 217. The zero-order chi connectivity index (χ0) is 12.0. The van der Waals surface area contributed by atoms with Crippen molar-refractivity contribution in [2.45, 2.75) is 45.1 Å². The first-order valence-electron chi connectivity index (χ1n) is 6.28. The van der Waals surface area contributed by atoms with E-state index in [1.54, 1.807) is 0 Å². The second-order valence-corrected chi connectivity index (χ2v) is 4.93. The molecule has 1 rings (SSSR count). The molecule has 1 aliphatic rings. The van der Waals surface area contributed by atoms with E-state index in [2.05, 4.69) is 12.2 Å². The van der Waals surface area contributed by atoms with Gasteiger partial charge in [-0.3, -0.25) is 4.79 Å². The number of amides is 1. The third kappa shape index (κ3) is 5.47. The van der Waals surface area contributed by atoms with Crippen LogP contribution in [0, 0.1) is 11.8 Å². The van der Waals surface area contributed by atoms with Gasteiger partial charge in [-0.05, 0) is 44.1 Å². The van der Waals surface area contributed by atoms with Crippen molar-refractivity contribution in [1.82, 2.24) is 5.32 Å². The minimum atomic E-state index is -0.342. The van der Waals surface area contributed by atoms with E-state index >= 15 is 0 Å². The Morgan fingerprint density at radius 1 is 1.50 bits per heavy atom. The van der Waals surface area contributed by atoms with Gasteiger partial charge in [0, 0.05) is 13.0 Å². The molecule has 2 atom stereocenters. The van der Waals surface area contributed by atoms with E-state index in [4.69, 9.17) is 5.73 Å². The third-order valence-electron chi connectivity index (χ3n) is 3.20. The fraction of sp³-hybridized carbons (Fsp3) is 0.917. The molecule has 4 nitrogen and oxygen atoms in total. The second-order valence-electron chi connectivity index (χ2n) is 4.93. The third-order valence-corrected chi connectivity index (χ3v) is 3.20. The van der Waals surface area contributed by atoms with Crippen LogP contribution in [0.3, 0.4) is 0 Å². The van der Waals surface area contributed by atoms with Crippen molar-refractivity contribution in [3.8, 4) is 0 Å². The minimum Gasteiger partial charge on any atom is -0.391 e. The molecule has 2 unspecified atom stereocenters. The molecule has 4 N–H and O–H groups in total. The van der Waals surface area contributed by atoms with Gasteiger partial charge in [0.1, 0.15) is 0 Å². The van der Waals surface area contributed by atoms with Crippen LogP contribution in [-0.4, -0.2) is 30.2 Å². The lowest BCUT2D eigenvalue weighted by Crippen LogP contribution is -2.33. The van der Waals surface area contributed by atoms with E-state index in [1.807, 2.05) is 0 Å². The smallest absolute Gasteiger partial charge is 0.220 e. The maximum absolute atomic E-state index is 11.4. The number of nitrogens with two attached hydrogens (primary N) is 1. The molecule has 0 heterocycles. The van der Waals surface area contributed by atoms with Gasteiger partial charge in [-0.2, -0.15) is 0 Å². The highest BCUT2D eigenvalue weighted by Crippen LogP contribution is 2.32. The quantitative estimate of drug-likeness (QED) is 0.570. The highest BCUT2D eigenvalue weighted by atomic mass is 16.3. The number of hydrogen-bond acceptors (Lipinski definition) is 3. The van der Waals surface area contributed by atoms with Crippen LogP contribution >= 0.6 is 0 Å². The van der Waals surface area contributed by atoms with E-state index in [9.17, 15) is 9.90 Å². The van der Waals surface area contributed by atoms with Gasteiger partial charge in [0.05, 0.1) is 6.10 Å². The zero-order valence-electron chi connectivity index (χ0n) is 10.1. The van der Waals surface area contributed by atoms with Gasteiger partial charge < -0.3 is 16.2 Å². The molecule has 0 bridgehead atoms. The van der Waals surface area contributed by atoms with Crippen LogP contribution in [0.25, 0.3) is 0 Å². The lowest BCUT2D eigenvalue weighted by molar-refractivity contribution is -0.121. The molecule has 1 amide bonds. The molecule has 0 aromatic heterocycles. The van der Waals surface area contributed by atoms with Crippen molar-refractivity contribution < 1.29 is 9.90 Å². The van der Waals surface area contributed by atoms with Gasteiger partial charge in [-0.1, -0.05) is 6.92 Å². The van der Waals surface area contributed by atoms with E-state index in [0.717, 1.165) is 25.7 Å². The molecule has 0 aromatic carbocycles. The first-order valence-corrected chi connectivity index (χ1v) is 6.28. The molecule has 1 saturated carbocycles. The van der Waals surface area contributed by atoms with Crippen molar-refractivity contribution in [1.29, 1.82) is 0 Å². The van der Waals surface area contributed by atoms with E-state index < -0.39 is 0 Å². The van der Waals surface area contributed by atoms with Crippen LogP contribution in [0.4, 0.5) is 0 Å². The Kier molecular flexibility index (Phi) is 5.77. The molecular formula is C12H24N2O2. The Morgan fingerprint density at radius 3 is 2.75 bits per heavy atom. The Morgan fingerprint density at radius 2 is 2.19 bits per heavy atom. The number of rotatable bonds is 8. The second kappa shape index (κ2) is 6.86. The van der Waals surface area contributed by atoms with Crippen molar-refractivity contribution in [3.05, 3.63) is 0 Å². The lowest BCUT2D eigenvalue weighted by atomic mass is 10.0. The topological polar surface area (TPSA) is 75.4 Å². The molecular weight excluding hydrogens is 204 g/mol. The summed E-state index contributed by atoms with van der Waals surface area (Å²) in [6.07, 6.45) is 4.25. The van der Waals surface area contributed by atoms with Gasteiger partial charge in [-0.25, -0.2) is 0 Å². The van der Waals surface area contributed by atoms with Gasteiger partial charge >= 0.3 is 0 Å². The molecule has 1 fully saturated rings. The summed E-state index contributed by atoms with van der Waals surface area (Å²) in [6.45, 7) is 3.21. The molecule has 4 heteroatoms.